The molecule has 0 aromatic heterocycles. The van der Waals surface area contributed by atoms with Gasteiger partial charge in [0.05, 0.1) is 4.90 Å². The van der Waals surface area contributed by atoms with E-state index in [1.807, 2.05) is 24.3 Å². The number of piperazine rings is 1. The molecule has 1 saturated heterocycles. The number of benzene rings is 2. The molecule has 2 aromatic carbocycles. The maximum absolute atomic E-state index is 12.9. The van der Waals surface area contributed by atoms with Crippen LogP contribution < -0.4 is 4.90 Å². The maximum Gasteiger partial charge on any atom is 0.332 e. The van der Waals surface area contributed by atoms with Crippen molar-refractivity contribution < 1.29 is 34.7 Å². The minimum Gasteiger partial charge on any atom is -0.800 e. The Kier molecular flexibility index (Phi) is 8.52. The molecule has 0 N–H and O–H groups in total. The Hall–Kier alpha value is -0.920. The zero-order chi connectivity index (χ0) is 19.4. The fraction of sp³-hybridized carbons (Fsp3) is 0.263. The van der Waals surface area contributed by atoms with Crippen molar-refractivity contribution in [2.75, 3.05) is 31.1 Å². The number of anilines is 1. The van der Waals surface area contributed by atoms with E-state index in [4.69, 9.17) is 25.3 Å². The number of rotatable bonds is 3. The summed E-state index contributed by atoms with van der Waals surface area (Å²) in [7, 11) is -4.68. The van der Waals surface area contributed by atoms with Crippen molar-refractivity contribution in [2.45, 2.75) is 9.60 Å². The van der Waals surface area contributed by atoms with Crippen LogP contribution in [0.5, 0.6) is 0 Å². The van der Waals surface area contributed by atoms with Gasteiger partial charge in [-0.25, -0.2) is 4.71 Å². The zero-order valence-corrected chi connectivity index (χ0v) is 19.3. The first-order valence-corrected chi connectivity index (χ1v) is 10.6. The summed E-state index contributed by atoms with van der Waals surface area (Å²) in [5.41, 5.74) is 2.59. The van der Waals surface area contributed by atoms with Crippen molar-refractivity contribution >= 4 is 41.2 Å². The smallest absolute Gasteiger partial charge is 0.332 e. The van der Waals surface area contributed by atoms with Crippen molar-refractivity contribution in [3.8, 4) is 11.8 Å². The maximum atomic E-state index is 12.9. The van der Waals surface area contributed by atoms with E-state index in [0.29, 0.717) is 5.56 Å². The molecular formula is C19H17AuFN2O2S3-2. The van der Waals surface area contributed by atoms with Crippen molar-refractivity contribution in [2.24, 2.45) is 0 Å². The molecule has 1 aliphatic rings. The SMILES string of the molecule is O=S(=O)(F)c1ccc(C#Cc2ccc(N3CCN(C([S-])[S-])CC3)cc2)cc1.[Au]. The molecule has 0 saturated carbocycles. The van der Waals surface area contributed by atoms with Gasteiger partial charge in [-0.05, 0) is 48.5 Å². The van der Waals surface area contributed by atoms with Crippen LogP contribution in [-0.2, 0) is 57.9 Å². The second-order valence-electron chi connectivity index (χ2n) is 6.09. The Bertz CT molecular complexity index is 947. The molecule has 0 spiro atoms. The molecule has 1 fully saturated rings. The molecule has 0 aliphatic carbocycles. The zero-order valence-electron chi connectivity index (χ0n) is 14.6. The second kappa shape index (κ2) is 10.2. The third kappa shape index (κ3) is 6.29. The number of hydrogen-bond acceptors (Lipinski definition) is 6. The summed E-state index contributed by atoms with van der Waals surface area (Å²) in [5, 5.41) is 0. The van der Waals surface area contributed by atoms with Crippen LogP contribution >= 0.6 is 0 Å². The van der Waals surface area contributed by atoms with Crippen LogP contribution in [0.15, 0.2) is 53.4 Å². The minimum atomic E-state index is -4.68. The molecule has 1 radical (unpaired) electrons. The Labute approximate surface area is 192 Å². The summed E-state index contributed by atoms with van der Waals surface area (Å²) < 4.78 is 34.3. The first kappa shape index (κ1) is 23.4. The normalized spacial score (nSPS) is 14.9. The standard InChI is InChI=1S/C19H19FN2O2S3.Au/c20-27(23,24)18-9-5-16(6-10-18)2-1-15-3-7-17(8-4-15)21-11-13-22(14-12-21)19(25)26;/h3-10,19,25-26H,11-14H2;/p-2. The molecule has 3 rings (SSSR count). The Morgan fingerprint density at radius 1 is 0.857 bits per heavy atom. The summed E-state index contributed by atoms with van der Waals surface area (Å²) in [4.78, 5) is 4.04. The number of nitrogens with zero attached hydrogens (tertiary/aromatic N) is 2. The Morgan fingerprint density at radius 3 is 1.75 bits per heavy atom. The average Bonchev–Trinajstić information content (AvgIpc) is 2.66. The first-order valence-electron chi connectivity index (χ1n) is 8.30. The third-order valence-corrected chi connectivity index (χ3v) is 5.76. The molecule has 9 heteroatoms. The first-order chi connectivity index (χ1) is 12.8. The van der Waals surface area contributed by atoms with E-state index in [1.54, 1.807) is 0 Å². The van der Waals surface area contributed by atoms with Gasteiger partial charge in [-0.3, -0.25) is 0 Å². The van der Waals surface area contributed by atoms with Crippen LogP contribution in [0.3, 0.4) is 0 Å². The van der Waals surface area contributed by atoms with Gasteiger partial charge in [-0.15, -0.1) is 3.89 Å². The third-order valence-electron chi connectivity index (χ3n) is 4.33. The molecule has 0 unspecified atom stereocenters. The minimum absolute atomic E-state index is 0. The van der Waals surface area contributed by atoms with Crippen molar-refractivity contribution in [1.29, 1.82) is 0 Å². The molecule has 1 heterocycles. The van der Waals surface area contributed by atoms with Crippen molar-refractivity contribution in [3.63, 3.8) is 0 Å². The van der Waals surface area contributed by atoms with E-state index in [2.05, 4.69) is 21.6 Å². The second-order valence-corrected chi connectivity index (χ2v) is 8.63. The van der Waals surface area contributed by atoms with Gasteiger partial charge in [0.15, 0.2) is 0 Å². The van der Waals surface area contributed by atoms with Crippen LogP contribution in [0.1, 0.15) is 11.1 Å². The van der Waals surface area contributed by atoms with Gasteiger partial charge >= 0.3 is 10.2 Å². The van der Waals surface area contributed by atoms with Gasteiger partial charge < -0.3 is 35.1 Å². The summed E-state index contributed by atoms with van der Waals surface area (Å²) in [6.45, 7) is 3.50. The van der Waals surface area contributed by atoms with Crippen molar-refractivity contribution in [3.05, 3.63) is 59.7 Å². The summed E-state index contributed by atoms with van der Waals surface area (Å²) >= 11 is 10.2. The topological polar surface area (TPSA) is 40.6 Å². The molecule has 0 bridgehead atoms. The molecule has 0 amide bonds. The van der Waals surface area contributed by atoms with Crippen molar-refractivity contribution in [1.82, 2.24) is 4.90 Å². The molecule has 4 nitrogen and oxygen atoms in total. The van der Waals surface area contributed by atoms with E-state index in [1.165, 1.54) is 24.3 Å². The molecule has 28 heavy (non-hydrogen) atoms. The predicted octanol–water partition coefficient (Wildman–Crippen LogP) is 2.24. The van der Waals surface area contributed by atoms with Gasteiger partial charge in [0.1, 0.15) is 0 Å². The van der Waals surface area contributed by atoms with Crippen LogP contribution in [0.25, 0.3) is 0 Å². The number of halogens is 1. The van der Waals surface area contributed by atoms with E-state index in [-0.39, 0.29) is 32.0 Å². The predicted molar refractivity (Wildman–Crippen MR) is 109 cm³/mol. The summed E-state index contributed by atoms with van der Waals surface area (Å²) in [5.74, 6) is 5.97. The van der Waals surface area contributed by atoms with Gasteiger partial charge in [0, 0.05) is 65.4 Å². The Morgan fingerprint density at radius 2 is 1.32 bits per heavy atom. The summed E-state index contributed by atoms with van der Waals surface area (Å²) in [6.07, 6.45) is 0. The average molecular weight is 618 g/mol. The van der Waals surface area contributed by atoms with Crippen LogP contribution in [0, 0.1) is 11.8 Å². The molecule has 2 aromatic rings. The fourth-order valence-electron chi connectivity index (χ4n) is 2.79. The Balaban J connectivity index is 0.00000280. The van der Waals surface area contributed by atoms with E-state index in [9.17, 15) is 12.3 Å². The largest absolute Gasteiger partial charge is 0.800 e. The van der Waals surface area contributed by atoms with Crippen LogP contribution in [0.4, 0.5) is 9.57 Å². The fourth-order valence-corrected chi connectivity index (χ4v) is 3.67. The van der Waals surface area contributed by atoms with E-state index >= 15 is 0 Å². The molecular weight excluding hydrogens is 600 g/mol. The molecule has 153 valence electrons. The van der Waals surface area contributed by atoms with Crippen LogP contribution in [0.2, 0.25) is 0 Å². The van der Waals surface area contributed by atoms with E-state index < -0.39 is 10.2 Å². The molecule has 0 atom stereocenters. The van der Waals surface area contributed by atoms with Gasteiger partial charge in [0.25, 0.3) is 0 Å². The van der Waals surface area contributed by atoms with Gasteiger partial charge in [-0.2, -0.15) is 8.42 Å². The quantitative estimate of drug-likeness (QED) is 0.228. The van der Waals surface area contributed by atoms with E-state index in [0.717, 1.165) is 37.4 Å². The van der Waals surface area contributed by atoms with Crippen LogP contribution in [-0.4, -0.2) is 44.2 Å². The van der Waals surface area contributed by atoms with Gasteiger partial charge in [-0.1, -0.05) is 11.8 Å². The molecule has 1 aliphatic heterocycles. The summed E-state index contributed by atoms with van der Waals surface area (Å²) in [6, 6.07) is 13.3. The monoisotopic (exact) mass is 617 g/mol. The number of hydrogen-bond donors (Lipinski definition) is 0. The van der Waals surface area contributed by atoms with Gasteiger partial charge in [0.2, 0.25) is 0 Å².